The Morgan fingerprint density at radius 2 is 2.22 bits per heavy atom. The minimum absolute atomic E-state index is 0.281. The van der Waals surface area contributed by atoms with Gasteiger partial charge in [0.1, 0.15) is 5.82 Å². The Labute approximate surface area is 114 Å². The van der Waals surface area contributed by atoms with Gasteiger partial charge in [-0.3, -0.25) is 0 Å². The second-order valence-corrected chi connectivity index (χ2v) is 5.01. The molecule has 0 aromatic carbocycles. The number of ether oxygens (including phenoxy) is 1. The molecule has 0 aliphatic carbocycles. The van der Waals surface area contributed by atoms with E-state index in [4.69, 9.17) is 16.3 Å². The van der Waals surface area contributed by atoms with Gasteiger partial charge in [-0.1, -0.05) is 24.9 Å². The van der Waals surface area contributed by atoms with E-state index in [9.17, 15) is 0 Å². The lowest BCUT2D eigenvalue weighted by molar-refractivity contribution is 0.0807. The largest absolute Gasteiger partial charge is 0.377 e. The first-order valence-electron chi connectivity index (χ1n) is 6.69. The third-order valence-corrected chi connectivity index (χ3v) is 2.89. The van der Waals surface area contributed by atoms with Crippen molar-refractivity contribution in [3.63, 3.8) is 0 Å². The molecule has 0 radical (unpaired) electrons. The number of halogens is 1. The molecule has 1 heterocycles. The highest BCUT2D eigenvalue weighted by molar-refractivity contribution is 6.30. The van der Waals surface area contributed by atoms with E-state index in [0.717, 1.165) is 30.9 Å². The summed E-state index contributed by atoms with van der Waals surface area (Å²) in [7, 11) is 0. The van der Waals surface area contributed by atoms with Crippen LogP contribution in [0.5, 0.6) is 0 Å². The second-order valence-electron chi connectivity index (χ2n) is 4.65. The number of aromatic amines is 1. The van der Waals surface area contributed by atoms with Gasteiger partial charge >= 0.3 is 0 Å². The second kappa shape index (κ2) is 8.51. The van der Waals surface area contributed by atoms with Gasteiger partial charge in [0.05, 0.1) is 18.4 Å². The minimum Gasteiger partial charge on any atom is -0.377 e. The Morgan fingerprint density at radius 3 is 2.89 bits per heavy atom. The first-order valence-corrected chi connectivity index (χ1v) is 7.06. The van der Waals surface area contributed by atoms with Gasteiger partial charge in [-0.2, -0.15) is 0 Å². The van der Waals surface area contributed by atoms with Crippen LogP contribution in [-0.2, 0) is 17.7 Å². The van der Waals surface area contributed by atoms with E-state index < -0.39 is 0 Å². The first kappa shape index (κ1) is 15.5. The smallest absolute Gasteiger partial charge is 0.151 e. The van der Waals surface area contributed by atoms with Crippen molar-refractivity contribution in [2.75, 3.05) is 13.2 Å². The van der Waals surface area contributed by atoms with E-state index in [1.165, 1.54) is 6.42 Å². The lowest BCUT2D eigenvalue weighted by atomic mass is 10.2. The van der Waals surface area contributed by atoms with Crippen LogP contribution < -0.4 is 5.32 Å². The number of imidazole rings is 1. The number of nitrogens with zero attached hydrogens (tertiary/aromatic N) is 1. The molecule has 0 aliphatic rings. The quantitative estimate of drug-likeness (QED) is 0.680. The minimum atomic E-state index is 0.281. The third kappa shape index (κ3) is 5.85. The van der Waals surface area contributed by atoms with Crippen LogP contribution in [0, 0.1) is 0 Å². The zero-order chi connectivity index (χ0) is 13.4. The molecule has 104 valence electrons. The summed E-state index contributed by atoms with van der Waals surface area (Å²) in [5, 5.41) is 3.87. The van der Waals surface area contributed by atoms with Gasteiger partial charge in [-0.15, -0.1) is 0 Å². The monoisotopic (exact) mass is 273 g/mol. The molecule has 0 bridgehead atoms. The van der Waals surface area contributed by atoms with E-state index in [-0.39, 0.29) is 6.10 Å². The molecular formula is C13H24ClN3O. The SMILES string of the molecule is CCCCc1nc(Cl)c(CNCCOC(C)C)[nH]1. The zero-order valence-electron chi connectivity index (χ0n) is 11.6. The fraction of sp³-hybridized carbons (Fsp3) is 0.769. The summed E-state index contributed by atoms with van der Waals surface area (Å²) in [5.74, 6) is 0.983. The molecule has 0 amide bonds. The van der Waals surface area contributed by atoms with Crippen molar-refractivity contribution >= 4 is 11.6 Å². The molecule has 1 aromatic rings. The summed E-state index contributed by atoms with van der Waals surface area (Å²) in [6.45, 7) is 8.47. The molecule has 0 saturated carbocycles. The average molecular weight is 274 g/mol. The van der Waals surface area contributed by atoms with Gasteiger partial charge in [0.2, 0.25) is 0 Å². The molecule has 0 aliphatic heterocycles. The predicted molar refractivity (Wildman–Crippen MR) is 75.0 cm³/mol. The van der Waals surface area contributed by atoms with Crippen molar-refractivity contribution in [1.82, 2.24) is 15.3 Å². The fourth-order valence-electron chi connectivity index (χ4n) is 1.60. The summed E-state index contributed by atoms with van der Waals surface area (Å²) in [5.41, 5.74) is 0.965. The molecule has 1 aromatic heterocycles. The molecule has 2 N–H and O–H groups in total. The topological polar surface area (TPSA) is 49.9 Å². The molecule has 0 spiro atoms. The van der Waals surface area contributed by atoms with Crippen molar-refractivity contribution in [1.29, 1.82) is 0 Å². The van der Waals surface area contributed by atoms with Crippen molar-refractivity contribution < 1.29 is 4.74 Å². The van der Waals surface area contributed by atoms with Crippen molar-refractivity contribution in [3.05, 3.63) is 16.7 Å². The fourth-order valence-corrected chi connectivity index (χ4v) is 1.82. The van der Waals surface area contributed by atoms with Crippen molar-refractivity contribution in [2.24, 2.45) is 0 Å². The van der Waals surface area contributed by atoms with Gasteiger partial charge in [-0.25, -0.2) is 4.98 Å². The van der Waals surface area contributed by atoms with Gasteiger partial charge in [0.25, 0.3) is 0 Å². The highest BCUT2D eigenvalue weighted by Crippen LogP contribution is 2.13. The van der Waals surface area contributed by atoms with Crippen LogP contribution in [0.4, 0.5) is 0 Å². The molecule has 0 fully saturated rings. The molecule has 0 atom stereocenters. The normalized spacial score (nSPS) is 11.4. The summed E-state index contributed by atoms with van der Waals surface area (Å²) in [4.78, 5) is 7.58. The van der Waals surface area contributed by atoms with E-state index in [1.54, 1.807) is 0 Å². The Morgan fingerprint density at radius 1 is 1.44 bits per heavy atom. The van der Waals surface area contributed by atoms with Gasteiger partial charge in [0, 0.05) is 19.5 Å². The standard InChI is InChI=1S/C13H24ClN3O/c1-4-5-6-12-16-11(13(14)17-12)9-15-7-8-18-10(2)3/h10,15H,4-9H2,1-3H3,(H,16,17). The van der Waals surface area contributed by atoms with E-state index in [0.29, 0.717) is 18.3 Å². The third-order valence-electron chi connectivity index (χ3n) is 2.58. The van der Waals surface area contributed by atoms with Crippen LogP contribution in [0.25, 0.3) is 0 Å². The Kier molecular flexibility index (Phi) is 7.32. The molecule has 18 heavy (non-hydrogen) atoms. The zero-order valence-corrected chi connectivity index (χ0v) is 12.3. The van der Waals surface area contributed by atoms with Crippen molar-refractivity contribution in [3.8, 4) is 0 Å². The Balaban J connectivity index is 2.26. The van der Waals surface area contributed by atoms with Crippen molar-refractivity contribution in [2.45, 2.75) is 52.7 Å². The molecule has 5 heteroatoms. The Hall–Kier alpha value is -0.580. The molecular weight excluding hydrogens is 250 g/mol. The number of H-pyrrole nitrogens is 1. The average Bonchev–Trinajstić information content (AvgIpc) is 2.67. The molecule has 1 rings (SSSR count). The Bertz CT molecular complexity index is 339. The highest BCUT2D eigenvalue weighted by Gasteiger charge is 2.07. The maximum Gasteiger partial charge on any atom is 0.151 e. The van der Waals surface area contributed by atoms with Crippen LogP contribution in [0.1, 0.15) is 45.1 Å². The maximum atomic E-state index is 6.07. The number of unbranched alkanes of at least 4 members (excludes halogenated alkanes) is 1. The summed E-state index contributed by atoms with van der Waals surface area (Å²) in [6, 6.07) is 0. The first-order chi connectivity index (χ1) is 8.63. The van der Waals surface area contributed by atoms with Gasteiger partial charge in [-0.05, 0) is 20.3 Å². The van der Waals surface area contributed by atoms with E-state index in [2.05, 4.69) is 22.2 Å². The van der Waals surface area contributed by atoms with E-state index >= 15 is 0 Å². The van der Waals surface area contributed by atoms with Crippen LogP contribution in [0.2, 0.25) is 5.15 Å². The predicted octanol–water partition coefficient (Wildman–Crippen LogP) is 2.92. The van der Waals surface area contributed by atoms with Crippen LogP contribution >= 0.6 is 11.6 Å². The number of aromatic nitrogens is 2. The van der Waals surface area contributed by atoms with Crippen LogP contribution in [0.15, 0.2) is 0 Å². The number of hydrogen-bond acceptors (Lipinski definition) is 3. The van der Waals surface area contributed by atoms with Crippen LogP contribution in [-0.4, -0.2) is 29.2 Å². The number of nitrogens with one attached hydrogen (secondary N) is 2. The number of aryl methyl sites for hydroxylation is 1. The number of rotatable bonds is 9. The molecule has 0 saturated heterocycles. The van der Waals surface area contributed by atoms with Crippen LogP contribution in [0.3, 0.4) is 0 Å². The lowest BCUT2D eigenvalue weighted by Crippen LogP contribution is -2.21. The molecule has 4 nitrogen and oxygen atoms in total. The summed E-state index contributed by atoms with van der Waals surface area (Å²) >= 11 is 6.07. The van der Waals surface area contributed by atoms with Gasteiger partial charge in [0.15, 0.2) is 5.15 Å². The van der Waals surface area contributed by atoms with Gasteiger partial charge < -0.3 is 15.0 Å². The number of hydrogen-bond donors (Lipinski definition) is 2. The summed E-state index contributed by atoms with van der Waals surface area (Å²) in [6.07, 6.45) is 3.55. The van der Waals surface area contributed by atoms with E-state index in [1.807, 2.05) is 13.8 Å². The maximum absolute atomic E-state index is 6.07. The molecule has 0 unspecified atom stereocenters. The summed E-state index contributed by atoms with van der Waals surface area (Å²) < 4.78 is 5.45. The highest BCUT2D eigenvalue weighted by atomic mass is 35.5. The lowest BCUT2D eigenvalue weighted by Gasteiger charge is -2.07.